The molecule has 2 aromatic rings. The fourth-order valence-electron chi connectivity index (χ4n) is 4.32. The second-order valence-corrected chi connectivity index (χ2v) is 8.60. The molecule has 2 saturated heterocycles. The largest absolute Gasteiger partial charge is 0.507 e. The number of carbonyl (C=O) groups excluding carboxylic acids is 2. The Labute approximate surface area is 201 Å². The zero-order valence-corrected chi connectivity index (χ0v) is 19.1. The second kappa shape index (κ2) is 10.3. The summed E-state index contributed by atoms with van der Waals surface area (Å²) >= 11 is 5.94. The summed E-state index contributed by atoms with van der Waals surface area (Å²) in [6, 6.07) is 11.1. The highest BCUT2D eigenvalue weighted by Gasteiger charge is 2.46. The zero-order chi connectivity index (χ0) is 24.2. The van der Waals surface area contributed by atoms with Gasteiger partial charge in [0.1, 0.15) is 5.76 Å². The summed E-state index contributed by atoms with van der Waals surface area (Å²) in [4.78, 5) is 40.5. The summed E-state index contributed by atoms with van der Waals surface area (Å²) in [5.74, 6) is -1.91. The first-order valence-corrected chi connectivity index (χ1v) is 11.3. The van der Waals surface area contributed by atoms with Crippen molar-refractivity contribution >= 4 is 34.7 Å². The summed E-state index contributed by atoms with van der Waals surface area (Å²) in [5, 5.41) is 22.9. The molecule has 34 heavy (non-hydrogen) atoms. The molecule has 2 fully saturated rings. The Morgan fingerprint density at radius 1 is 1.12 bits per heavy atom. The van der Waals surface area contributed by atoms with Crippen molar-refractivity contribution in [1.82, 2.24) is 9.80 Å². The molecule has 0 saturated carbocycles. The lowest BCUT2D eigenvalue weighted by atomic mass is 9.95. The van der Waals surface area contributed by atoms with Crippen molar-refractivity contribution in [3.05, 3.63) is 80.4 Å². The van der Waals surface area contributed by atoms with Gasteiger partial charge >= 0.3 is 0 Å². The maximum Gasteiger partial charge on any atom is 0.295 e. The molecule has 2 aliphatic rings. The number of nitrogens with zero attached hydrogens (tertiary/aromatic N) is 3. The number of halogens is 1. The number of nitro groups is 1. The maximum absolute atomic E-state index is 13.1. The summed E-state index contributed by atoms with van der Waals surface area (Å²) in [7, 11) is 0. The van der Waals surface area contributed by atoms with Crippen molar-refractivity contribution < 1.29 is 24.4 Å². The molecule has 0 radical (unpaired) electrons. The normalized spacial score (nSPS) is 20.6. The Bertz CT molecular complexity index is 1130. The molecule has 0 bridgehead atoms. The molecular formula is C24H24ClN3O6. The van der Waals surface area contributed by atoms with Gasteiger partial charge in [-0.15, -0.1) is 0 Å². The van der Waals surface area contributed by atoms with Crippen LogP contribution in [-0.4, -0.2) is 70.9 Å². The van der Waals surface area contributed by atoms with Crippen LogP contribution < -0.4 is 0 Å². The number of aliphatic hydroxyl groups excluding tert-OH is 1. The molecule has 2 heterocycles. The van der Waals surface area contributed by atoms with E-state index in [-0.39, 0.29) is 23.6 Å². The van der Waals surface area contributed by atoms with Crippen LogP contribution in [0.4, 0.5) is 5.69 Å². The number of likely N-dealkylation sites (tertiary alicyclic amines) is 1. The average Bonchev–Trinajstić information content (AvgIpc) is 3.10. The molecule has 0 aliphatic carbocycles. The number of aliphatic hydroxyl groups is 1. The van der Waals surface area contributed by atoms with Gasteiger partial charge in [0.25, 0.3) is 17.4 Å². The van der Waals surface area contributed by atoms with Crippen LogP contribution in [0.5, 0.6) is 0 Å². The lowest BCUT2D eigenvalue weighted by molar-refractivity contribution is -0.384. The minimum atomic E-state index is -0.944. The van der Waals surface area contributed by atoms with Gasteiger partial charge in [0.05, 0.1) is 29.8 Å². The zero-order valence-electron chi connectivity index (χ0n) is 18.4. The van der Waals surface area contributed by atoms with Crippen LogP contribution >= 0.6 is 11.6 Å². The molecular weight excluding hydrogens is 462 g/mol. The lowest BCUT2D eigenvalue weighted by Gasteiger charge is -2.29. The Balaban J connectivity index is 1.70. The molecule has 10 heteroatoms. The van der Waals surface area contributed by atoms with E-state index in [1.807, 2.05) is 0 Å². The molecule has 4 rings (SSSR count). The smallest absolute Gasteiger partial charge is 0.295 e. The van der Waals surface area contributed by atoms with E-state index in [1.165, 1.54) is 23.1 Å². The first-order valence-electron chi connectivity index (χ1n) is 11.0. The fourth-order valence-corrected chi connectivity index (χ4v) is 4.44. The number of Topliss-reactive ketones (excluding diaryl/α,β-unsaturated/α-hetero) is 1. The second-order valence-electron chi connectivity index (χ2n) is 8.16. The molecule has 2 aliphatic heterocycles. The fraction of sp³-hybridized carbons (Fsp3) is 0.333. The molecule has 178 valence electrons. The van der Waals surface area contributed by atoms with Gasteiger partial charge in [-0.25, -0.2) is 0 Å². The topological polar surface area (TPSA) is 113 Å². The van der Waals surface area contributed by atoms with Gasteiger partial charge in [0, 0.05) is 48.9 Å². The first kappa shape index (κ1) is 23.9. The van der Waals surface area contributed by atoms with E-state index in [1.54, 1.807) is 30.3 Å². The van der Waals surface area contributed by atoms with Gasteiger partial charge in [-0.3, -0.25) is 24.6 Å². The number of hydrogen-bond donors (Lipinski definition) is 1. The molecule has 9 nitrogen and oxygen atoms in total. The van der Waals surface area contributed by atoms with Crippen molar-refractivity contribution in [2.75, 3.05) is 39.4 Å². The molecule has 2 aromatic carbocycles. The third-order valence-electron chi connectivity index (χ3n) is 6.03. The highest BCUT2D eigenvalue weighted by molar-refractivity contribution is 6.46. The standard InChI is InChI=1S/C24H24ClN3O6/c25-18-7-5-16(6-8-18)22(29)20-21(17-3-1-4-19(15-17)28(32)33)27(24(31)23(20)30)10-2-9-26-11-13-34-14-12-26/h1,3-8,15,21,29H,2,9-14H2/t21-/m0/s1. The molecule has 0 unspecified atom stereocenters. The number of non-ortho nitro benzene ring substituents is 1. The van der Waals surface area contributed by atoms with Crippen LogP contribution in [0.25, 0.3) is 5.76 Å². The van der Waals surface area contributed by atoms with E-state index >= 15 is 0 Å². The van der Waals surface area contributed by atoms with Gasteiger partial charge in [-0.1, -0.05) is 23.7 Å². The van der Waals surface area contributed by atoms with Gasteiger partial charge in [-0.2, -0.15) is 0 Å². The van der Waals surface area contributed by atoms with Crippen molar-refractivity contribution in [2.24, 2.45) is 0 Å². The SMILES string of the molecule is O=C1C(=O)N(CCCN2CCOCC2)[C@@H](c2cccc([N+](=O)[O-])c2)C1=C(O)c1ccc(Cl)cc1. The maximum atomic E-state index is 13.1. The van der Waals surface area contributed by atoms with Crippen LogP contribution in [0.1, 0.15) is 23.6 Å². The highest BCUT2D eigenvalue weighted by atomic mass is 35.5. The molecule has 1 atom stereocenters. The van der Waals surface area contributed by atoms with Gasteiger partial charge < -0.3 is 14.7 Å². The Morgan fingerprint density at radius 3 is 2.50 bits per heavy atom. The minimum Gasteiger partial charge on any atom is -0.507 e. The van der Waals surface area contributed by atoms with Crippen LogP contribution in [0.2, 0.25) is 5.02 Å². The van der Waals surface area contributed by atoms with E-state index in [9.17, 15) is 24.8 Å². The van der Waals surface area contributed by atoms with Crippen molar-refractivity contribution in [3.63, 3.8) is 0 Å². The third-order valence-corrected chi connectivity index (χ3v) is 6.28. The Kier molecular flexibility index (Phi) is 7.26. The van der Waals surface area contributed by atoms with Crippen molar-refractivity contribution in [2.45, 2.75) is 12.5 Å². The average molecular weight is 486 g/mol. The van der Waals surface area contributed by atoms with E-state index in [2.05, 4.69) is 4.90 Å². The monoisotopic (exact) mass is 485 g/mol. The third kappa shape index (κ3) is 4.96. The summed E-state index contributed by atoms with van der Waals surface area (Å²) in [5.41, 5.74) is 0.448. The van der Waals surface area contributed by atoms with Crippen LogP contribution in [-0.2, 0) is 14.3 Å². The summed E-state index contributed by atoms with van der Waals surface area (Å²) < 4.78 is 5.36. The highest BCUT2D eigenvalue weighted by Crippen LogP contribution is 2.40. The number of rotatable bonds is 7. The van der Waals surface area contributed by atoms with Crippen molar-refractivity contribution in [1.29, 1.82) is 0 Å². The van der Waals surface area contributed by atoms with Crippen LogP contribution in [0.3, 0.4) is 0 Å². The Morgan fingerprint density at radius 2 is 1.82 bits per heavy atom. The van der Waals surface area contributed by atoms with E-state index in [4.69, 9.17) is 16.3 Å². The van der Waals surface area contributed by atoms with Gasteiger partial charge in [-0.05, 0) is 36.2 Å². The predicted octanol–water partition coefficient (Wildman–Crippen LogP) is 3.39. The molecule has 1 N–H and O–H groups in total. The number of ether oxygens (including phenoxy) is 1. The van der Waals surface area contributed by atoms with E-state index in [0.29, 0.717) is 42.3 Å². The number of nitro benzene ring substituents is 1. The predicted molar refractivity (Wildman–Crippen MR) is 125 cm³/mol. The molecule has 0 spiro atoms. The lowest BCUT2D eigenvalue weighted by Crippen LogP contribution is -2.39. The van der Waals surface area contributed by atoms with E-state index < -0.39 is 22.7 Å². The minimum absolute atomic E-state index is 0.0980. The molecule has 1 amide bonds. The summed E-state index contributed by atoms with van der Waals surface area (Å²) in [6.45, 7) is 3.86. The number of benzene rings is 2. The van der Waals surface area contributed by atoms with Crippen molar-refractivity contribution in [3.8, 4) is 0 Å². The number of carbonyl (C=O) groups is 2. The number of hydrogen-bond acceptors (Lipinski definition) is 7. The first-order chi connectivity index (χ1) is 16.4. The van der Waals surface area contributed by atoms with Gasteiger partial charge in [0.15, 0.2) is 0 Å². The van der Waals surface area contributed by atoms with E-state index in [0.717, 1.165) is 13.1 Å². The van der Waals surface area contributed by atoms with Crippen LogP contribution in [0.15, 0.2) is 54.1 Å². The van der Waals surface area contributed by atoms with Crippen LogP contribution in [0, 0.1) is 10.1 Å². The number of morpholine rings is 1. The van der Waals surface area contributed by atoms with Gasteiger partial charge in [0.2, 0.25) is 0 Å². The number of amides is 1. The number of ketones is 1. The molecule has 0 aromatic heterocycles. The Hall–Kier alpha value is -3.27. The summed E-state index contributed by atoms with van der Waals surface area (Å²) in [6.07, 6.45) is 0.597. The quantitative estimate of drug-likeness (QED) is 0.210.